The average molecular weight is 411 g/mol. The van der Waals surface area contributed by atoms with Crippen LogP contribution < -0.4 is 5.32 Å². The first-order valence-electron chi connectivity index (χ1n) is 9.73. The number of hydrogen-bond donors (Lipinski definition) is 1. The summed E-state index contributed by atoms with van der Waals surface area (Å²) in [7, 11) is -3.50. The lowest BCUT2D eigenvalue weighted by Crippen LogP contribution is -2.57. The lowest BCUT2D eigenvalue weighted by molar-refractivity contribution is -0.117. The highest BCUT2D eigenvalue weighted by atomic mass is 32.2. The van der Waals surface area contributed by atoms with Crippen molar-refractivity contribution in [2.75, 3.05) is 51.1 Å². The maximum absolute atomic E-state index is 12.9. The summed E-state index contributed by atoms with van der Waals surface area (Å²) in [5, 5.41) is 2.90. The largest absolute Gasteiger partial charge is 0.373 e. The smallest absolute Gasteiger partial charge is 0.282 e. The fourth-order valence-corrected chi connectivity index (χ4v) is 5.48. The molecule has 0 unspecified atom stereocenters. The molecule has 0 aliphatic carbocycles. The molecule has 2 fully saturated rings. The number of rotatable bonds is 5. The van der Waals surface area contributed by atoms with Gasteiger partial charge in [0.2, 0.25) is 5.91 Å². The van der Waals surface area contributed by atoms with Crippen LogP contribution in [0.2, 0.25) is 0 Å². The molecular formula is C19H30N4O4S. The zero-order chi connectivity index (χ0) is 20.3. The van der Waals surface area contributed by atoms with E-state index in [0.717, 1.165) is 11.3 Å². The van der Waals surface area contributed by atoms with E-state index in [2.05, 4.69) is 5.32 Å². The van der Waals surface area contributed by atoms with Gasteiger partial charge in [-0.25, -0.2) is 0 Å². The third-order valence-corrected chi connectivity index (χ3v) is 7.01. The predicted molar refractivity (Wildman–Crippen MR) is 108 cm³/mol. The molecule has 1 aromatic carbocycles. The van der Waals surface area contributed by atoms with Gasteiger partial charge < -0.3 is 10.1 Å². The summed E-state index contributed by atoms with van der Waals surface area (Å²) in [6.45, 7) is 8.63. The van der Waals surface area contributed by atoms with Gasteiger partial charge in [0.15, 0.2) is 0 Å². The van der Waals surface area contributed by atoms with Gasteiger partial charge in [0, 0.05) is 45.0 Å². The number of morpholine rings is 1. The molecule has 1 amide bonds. The topological polar surface area (TPSA) is 82.2 Å². The van der Waals surface area contributed by atoms with Crippen LogP contribution in [-0.2, 0) is 19.7 Å². The molecular weight excluding hydrogens is 380 g/mol. The Labute approximate surface area is 167 Å². The molecule has 2 aliphatic rings. The number of nitrogens with zero attached hydrogens (tertiary/aromatic N) is 3. The monoisotopic (exact) mass is 410 g/mol. The first-order valence-corrected chi connectivity index (χ1v) is 11.1. The molecule has 2 atom stereocenters. The molecule has 1 N–H and O–H groups in total. The number of piperazine rings is 1. The Morgan fingerprint density at radius 1 is 1.11 bits per heavy atom. The van der Waals surface area contributed by atoms with Crippen LogP contribution in [0, 0.1) is 6.92 Å². The lowest BCUT2D eigenvalue weighted by atomic mass is 10.2. The van der Waals surface area contributed by atoms with Crippen LogP contribution in [0.1, 0.15) is 19.4 Å². The summed E-state index contributed by atoms with van der Waals surface area (Å²) in [4.78, 5) is 14.3. The standard InChI is InChI=1S/C19H30N4O4S/c1-15-5-4-6-18(11-15)20-19(24)14-21-7-9-22(10-8-21)28(25,26)23-12-16(2)27-17(3)13-23/h4-6,11,16-17H,7-10,12-14H2,1-3H3,(H,20,24)/t16-,17-/m0/s1. The molecule has 2 saturated heterocycles. The third kappa shape index (κ3) is 5.30. The molecule has 0 saturated carbocycles. The molecule has 9 heteroatoms. The minimum atomic E-state index is -3.50. The molecule has 0 radical (unpaired) electrons. The number of hydrogen-bond acceptors (Lipinski definition) is 5. The van der Waals surface area contributed by atoms with Crippen molar-refractivity contribution in [2.45, 2.75) is 33.0 Å². The molecule has 2 heterocycles. The molecule has 3 rings (SSSR count). The van der Waals surface area contributed by atoms with E-state index < -0.39 is 10.2 Å². The summed E-state index contributed by atoms with van der Waals surface area (Å²) >= 11 is 0. The van der Waals surface area contributed by atoms with E-state index >= 15 is 0 Å². The normalized spacial score (nSPS) is 25.5. The van der Waals surface area contributed by atoms with Gasteiger partial charge in [-0.05, 0) is 38.5 Å². The van der Waals surface area contributed by atoms with E-state index in [4.69, 9.17) is 4.74 Å². The Balaban J connectivity index is 1.50. The van der Waals surface area contributed by atoms with Crippen LogP contribution in [0.4, 0.5) is 5.69 Å². The highest BCUT2D eigenvalue weighted by Crippen LogP contribution is 2.19. The number of aryl methyl sites for hydroxylation is 1. The van der Waals surface area contributed by atoms with E-state index in [9.17, 15) is 13.2 Å². The number of nitrogens with one attached hydrogen (secondary N) is 1. The van der Waals surface area contributed by atoms with Gasteiger partial charge in [0.1, 0.15) is 0 Å². The summed E-state index contributed by atoms with van der Waals surface area (Å²) < 4.78 is 34.5. The van der Waals surface area contributed by atoms with Crippen LogP contribution in [0.15, 0.2) is 24.3 Å². The van der Waals surface area contributed by atoms with E-state index in [1.54, 1.807) is 0 Å². The number of anilines is 1. The van der Waals surface area contributed by atoms with Crippen LogP contribution in [-0.4, -0.2) is 85.9 Å². The minimum absolute atomic E-state index is 0.0854. The number of carbonyl (C=O) groups excluding carboxylic acids is 1. The van der Waals surface area contributed by atoms with Gasteiger partial charge in [0.25, 0.3) is 10.2 Å². The number of ether oxygens (including phenoxy) is 1. The van der Waals surface area contributed by atoms with E-state index in [1.807, 2.05) is 49.9 Å². The first kappa shape index (κ1) is 21.2. The van der Waals surface area contributed by atoms with Crippen molar-refractivity contribution in [3.8, 4) is 0 Å². The first-order chi connectivity index (χ1) is 13.2. The highest BCUT2D eigenvalue weighted by Gasteiger charge is 2.36. The lowest BCUT2D eigenvalue weighted by Gasteiger charge is -2.40. The van der Waals surface area contributed by atoms with E-state index in [0.29, 0.717) is 39.3 Å². The summed E-state index contributed by atoms with van der Waals surface area (Å²) in [5.74, 6) is -0.0854. The van der Waals surface area contributed by atoms with Gasteiger partial charge in [0.05, 0.1) is 18.8 Å². The SMILES string of the molecule is Cc1cccc(NC(=O)CN2CCN(S(=O)(=O)N3C[C@H](C)O[C@@H](C)C3)CC2)c1. The quantitative estimate of drug-likeness (QED) is 0.780. The molecule has 8 nitrogen and oxygen atoms in total. The highest BCUT2D eigenvalue weighted by molar-refractivity contribution is 7.86. The molecule has 1 aromatic rings. The van der Waals surface area contributed by atoms with Crippen LogP contribution in [0.3, 0.4) is 0 Å². The molecule has 28 heavy (non-hydrogen) atoms. The molecule has 2 aliphatic heterocycles. The average Bonchev–Trinajstić information content (AvgIpc) is 2.61. The number of benzene rings is 1. The van der Waals surface area contributed by atoms with Crippen molar-refractivity contribution in [1.29, 1.82) is 0 Å². The van der Waals surface area contributed by atoms with E-state index in [-0.39, 0.29) is 24.7 Å². The molecule has 156 valence electrons. The van der Waals surface area contributed by atoms with Gasteiger partial charge in [-0.1, -0.05) is 12.1 Å². The molecule has 0 aromatic heterocycles. The fourth-order valence-electron chi connectivity index (χ4n) is 3.73. The zero-order valence-corrected chi connectivity index (χ0v) is 17.6. The maximum atomic E-state index is 12.9. The molecule has 0 bridgehead atoms. The second-order valence-electron chi connectivity index (χ2n) is 7.67. The Morgan fingerprint density at radius 2 is 1.75 bits per heavy atom. The van der Waals surface area contributed by atoms with E-state index in [1.165, 1.54) is 8.61 Å². The summed E-state index contributed by atoms with van der Waals surface area (Å²) in [5.41, 5.74) is 1.87. The van der Waals surface area contributed by atoms with Crippen molar-refractivity contribution in [3.05, 3.63) is 29.8 Å². The molecule has 0 spiro atoms. The van der Waals surface area contributed by atoms with Crippen LogP contribution >= 0.6 is 0 Å². The van der Waals surface area contributed by atoms with Crippen LogP contribution in [0.25, 0.3) is 0 Å². The van der Waals surface area contributed by atoms with Gasteiger partial charge in [-0.3, -0.25) is 9.69 Å². The Morgan fingerprint density at radius 3 is 2.36 bits per heavy atom. The van der Waals surface area contributed by atoms with Crippen molar-refractivity contribution < 1.29 is 17.9 Å². The van der Waals surface area contributed by atoms with Crippen molar-refractivity contribution in [3.63, 3.8) is 0 Å². The van der Waals surface area contributed by atoms with Crippen molar-refractivity contribution in [1.82, 2.24) is 13.5 Å². The Hall–Kier alpha value is -1.52. The minimum Gasteiger partial charge on any atom is -0.373 e. The fraction of sp³-hybridized carbons (Fsp3) is 0.632. The van der Waals surface area contributed by atoms with Crippen molar-refractivity contribution >= 4 is 21.8 Å². The van der Waals surface area contributed by atoms with Gasteiger partial charge >= 0.3 is 0 Å². The second-order valence-corrected chi connectivity index (χ2v) is 9.60. The number of carbonyl (C=O) groups is 1. The second kappa shape index (κ2) is 8.87. The Kier molecular flexibility index (Phi) is 6.72. The third-order valence-electron chi connectivity index (χ3n) is 5.04. The summed E-state index contributed by atoms with van der Waals surface area (Å²) in [6, 6.07) is 7.67. The van der Waals surface area contributed by atoms with Gasteiger partial charge in [-0.15, -0.1) is 0 Å². The predicted octanol–water partition coefficient (Wildman–Crippen LogP) is 0.905. The van der Waals surface area contributed by atoms with Crippen molar-refractivity contribution in [2.24, 2.45) is 0 Å². The number of amides is 1. The zero-order valence-electron chi connectivity index (χ0n) is 16.8. The summed E-state index contributed by atoms with van der Waals surface area (Å²) in [6.07, 6.45) is -0.213. The maximum Gasteiger partial charge on any atom is 0.282 e. The van der Waals surface area contributed by atoms with Crippen LogP contribution in [0.5, 0.6) is 0 Å². The van der Waals surface area contributed by atoms with Gasteiger partial charge in [-0.2, -0.15) is 17.0 Å². The Bertz CT molecular complexity index is 783.